The van der Waals surface area contributed by atoms with Crippen LogP contribution in [0.2, 0.25) is 0 Å². The average molecular weight is 439 g/mol. The summed E-state index contributed by atoms with van der Waals surface area (Å²) in [7, 11) is 1.69. The Balaban J connectivity index is 1.51. The highest BCUT2D eigenvalue weighted by Gasteiger charge is 2.34. The molecule has 7 heteroatoms. The molecule has 2 aromatic carbocycles. The van der Waals surface area contributed by atoms with Gasteiger partial charge in [-0.1, -0.05) is 12.1 Å². The van der Waals surface area contributed by atoms with E-state index in [0.29, 0.717) is 24.4 Å². The van der Waals surface area contributed by atoms with Crippen LogP contribution >= 0.6 is 0 Å². The average Bonchev–Trinajstić information content (AvgIpc) is 3.13. The Bertz CT molecular complexity index is 1210. The minimum Gasteiger partial charge on any atom is -0.330 e. The Morgan fingerprint density at radius 3 is 2.50 bits per heavy atom. The summed E-state index contributed by atoms with van der Waals surface area (Å²) >= 11 is 0. The van der Waals surface area contributed by atoms with Crippen molar-refractivity contribution in [2.45, 2.75) is 45.1 Å². The lowest BCUT2D eigenvalue weighted by Crippen LogP contribution is -2.39. The van der Waals surface area contributed by atoms with Crippen LogP contribution in [0.25, 0.3) is 11.3 Å². The SMILES string of the molecule is C[C@H]1c2nn(C)c(-c3cc(F)c(F)c(F)c3)c2CCN1C(=O)c1cccc2c1CCCC2. The molecule has 0 fully saturated rings. The van der Waals surface area contributed by atoms with Crippen LogP contribution in [0.3, 0.4) is 0 Å². The van der Waals surface area contributed by atoms with E-state index in [2.05, 4.69) is 11.2 Å². The topological polar surface area (TPSA) is 38.1 Å². The van der Waals surface area contributed by atoms with E-state index >= 15 is 0 Å². The molecule has 0 unspecified atom stereocenters. The molecule has 32 heavy (non-hydrogen) atoms. The number of amides is 1. The normalized spacial score (nSPS) is 17.8. The van der Waals surface area contributed by atoms with Gasteiger partial charge in [0.25, 0.3) is 5.91 Å². The van der Waals surface area contributed by atoms with Crippen molar-refractivity contribution in [1.82, 2.24) is 14.7 Å². The van der Waals surface area contributed by atoms with Crippen molar-refractivity contribution in [3.05, 3.63) is 75.7 Å². The third-order valence-corrected chi connectivity index (χ3v) is 6.79. The van der Waals surface area contributed by atoms with E-state index in [0.717, 1.165) is 54.5 Å². The van der Waals surface area contributed by atoms with Gasteiger partial charge in [-0.05, 0) is 68.4 Å². The van der Waals surface area contributed by atoms with Crippen LogP contribution in [0.5, 0.6) is 0 Å². The Hall–Kier alpha value is -3.09. The zero-order valence-corrected chi connectivity index (χ0v) is 18.1. The molecule has 1 aromatic heterocycles. The molecule has 1 amide bonds. The van der Waals surface area contributed by atoms with Crippen LogP contribution in [-0.2, 0) is 26.3 Å². The smallest absolute Gasteiger partial charge is 0.254 e. The molecule has 0 bridgehead atoms. The van der Waals surface area contributed by atoms with Crippen LogP contribution in [0.1, 0.15) is 58.5 Å². The van der Waals surface area contributed by atoms with E-state index in [1.165, 1.54) is 5.56 Å². The van der Waals surface area contributed by atoms with Gasteiger partial charge in [-0.15, -0.1) is 0 Å². The zero-order valence-electron chi connectivity index (χ0n) is 18.1. The number of nitrogens with zero attached hydrogens (tertiary/aromatic N) is 3. The summed E-state index contributed by atoms with van der Waals surface area (Å²) in [5, 5.41) is 4.59. The molecule has 0 radical (unpaired) electrons. The zero-order chi connectivity index (χ0) is 22.6. The van der Waals surface area contributed by atoms with Gasteiger partial charge in [-0.3, -0.25) is 9.48 Å². The molecule has 0 saturated heterocycles. The quantitative estimate of drug-likeness (QED) is 0.519. The molecule has 0 N–H and O–H groups in total. The van der Waals surface area contributed by atoms with Gasteiger partial charge in [0.2, 0.25) is 0 Å². The van der Waals surface area contributed by atoms with Crippen molar-refractivity contribution in [2.24, 2.45) is 7.05 Å². The molecule has 4 nitrogen and oxygen atoms in total. The van der Waals surface area contributed by atoms with Crippen molar-refractivity contribution in [3.63, 3.8) is 0 Å². The maximum atomic E-state index is 13.9. The summed E-state index contributed by atoms with van der Waals surface area (Å²) in [6, 6.07) is 7.66. The van der Waals surface area contributed by atoms with Crippen molar-refractivity contribution in [3.8, 4) is 11.3 Å². The number of hydrogen-bond acceptors (Lipinski definition) is 2. The molecule has 2 aliphatic rings. The molecule has 0 spiro atoms. The molecule has 5 rings (SSSR count). The summed E-state index contributed by atoms with van der Waals surface area (Å²) in [6.45, 7) is 2.40. The molecule has 0 saturated carbocycles. The molecule has 1 aliphatic carbocycles. The molecule has 1 aliphatic heterocycles. The number of benzene rings is 2. The third-order valence-electron chi connectivity index (χ3n) is 6.79. The van der Waals surface area contributed by atoms with E-state index in [1.54, 1.807) is 11.7 Å². The predicted octanol–water partition coefficient (Wildman–Crippen LogP) is 5.14. The first-order valence-electron chi connectivity index (χ1n) is 11.0. The Morgan fingerprint density at radius 1 is 1.03 bits per heavy atom. The number of hydrogen-bond donors (Lipinski definition) is 0. The largest absolute Gasteiger partial charge is 0.330 e. The second-order valence-corrected chi connectivity index (χ2v) is 8.66. The number of aryl methyl sites for hydroxylation is 2. The van der Waals surface area contributed by atoms with Crippen molar-refractivity contribution in [1.29, 1.82) is 0 Å². The van der Waals surface area contributed by atoms with Crippen LogP contribution < -0.4 is 0 Å². The minimum absolute atomic E-state index is 0.00651. The fraction of sp³-hybridized carbons (Fsp3) is 0.360. The number of rotatable bonds is 2. The van der Waals surface area contributed by atoms with Gasteiger partial charge in [-0.2, -0.15) is 5.10 Å². The number of carbonyl (C=O) groups is 1. The highest BCUT2D eigenvalue weighted by Crippen LogP contribution is 2.37. The van der Waals surface area contributed by atoms with Gasteiger partial charge in [0, 0.05) is 30.3 Å². The van der Waals surface area contributed by atoms with Crippen LogP contribution in [0.4, 0.5) is 13.2 Å². The maximum absolute atomic E-state index is 13.9. The summed E-state index contributed by atoms with van der Waals surface area (Å²) in [5.41, 5.74) is 5.50. The standard InChI is InChI=1S/C25H24F3N3O/c1-14-23-19(24(30(2)29-23)16-12-20(26)22(28)21(27)13-16)10-11-31(14)25(32)18-9-5-7-15-6-3-4-8-17(15)18/h5,7,9,12-14H,3-4,6,8,10-11H2,1-2H3/t14-/m0/s1. The van der Waals surface area contributed by atoms with Crippen molar-refractivity contribution >= 4 is 5.91 Å². The number of carbonyl (C=O) groups excluding carboxylic acids is 1. The van der Waals surface area contributed by atoms with Gasteiger partial charge in [0.05, 0.1) is 17.4 Å². The Kier molecular flexibility index (Phi) is 5.07. The lowest BCUT2D eigenvalue weighted by molar-refractivity contribution is 0.0672. The van der Waals surface area contributed by atoms with E-state index in [-0.39, 0.29) is 17.5 Å². The van der Waals surface area contributed by atoms with Crippen molar-refractivity contribution < 1.29 is 18.0 Å². The second-order valence-electron chi connectivity index (χ2n) is 8.66. The lowest BCUT2D eigenvalue weighted by Gasteiger charge is -2.34. The number of aromatic nitrogens is 2. The molecule has 2 heterocycles. The highest BCUT2D eigenvalue weighted by atomic mass is 19.2. The lowest BCUT2D eigenvalue weighted by atomic mass is 9.87. The summed E-state index contributed by atoms with van der Waals surface area (Å²) in [4.78, 5) is 15.4. The van der Waals surface area contributed by atoms with E-state index in [4.69, 9.17) is 0 Å². The van der Waals surface area contributed by atoms with Crippen LogP contribution in [0, 0.1) is 17.5 Å². The van der Waals surface area contributed by atoms with Gasteiger partial charge in [-0.25, -0.2) is 13.2 Å². The molecule has 1 atom stereocenters. The fourth-order valence-corrected chi connectivity index (χ4v) is 5.21. The fourth-order valence-electron chi connectivity index (χ4n) is 5.21. The Morgan fingerprint density at radius 2 is 1.75 bits per heavy atom. The number of fused-ring (bicyclic) bond motifs is 2. The second kappa shape index (κ2) is 7.80. The minimum atomic E-state index is -1.49. The monoisotopic (exact) mass is 439 g/mol. The molecule has 166 valence electrons. The van der Waals surface area contributed by atoms with E-state index in [9.17, 15) is 18.0 Å². The van der Waals surface area contributed by atoms with Crippen LogP contribution in [0.15, 0.2) is 30.3 Å². The van der Waals surface area contributed by atoms with E-state index in [1.807, 2.05) is 24.0 Å². The molecular weight excluding hydrogens is 415 g/mol. The first-order chi connectivity index (χ1) is 15.4. The van der Waals surface area contributed by atoms with Crippen molar-refractivity contribution in [2.75, 3.05) is 6.54 Å². The number of halogens is 3. The summed E-state index contributed by atoms with van der Waals surface area (Å²) in [5.74, 6) is -3.96. The summed E-state index contributed by atoms with van der Waals surface area (Å²) in [6.07, 6.45) is 4.66. The highest BCUT2D eigenvalue weighted by molar-refractivity contribution is 5.96. The van der Waals surface area contributed by atoms with Gasteiger partial charge >= 0.3 is 0 Å². The molecule has 3 aromatic rings. The Labute approximate surface area is 184 Å². The predicted molar refractivity (Wildman–Crippen MR) is 115 cm³/mol. The first-order valence-corrected chi connectivity index (χ1v) is 11.0. The van der Waals surface area contributed by atoms with E-state index < -0.39 is 17.5 Å². The van der Waals surface area contributed by atoms with Gasteiger partial charge in [0.1, 0.15) is 0 Å². The van der Waals surface area contributed by atoms with Crippen LogP contribution in [-0.4, -0.2) is 27.1 Å². The molecular formula is C25H24F3N3O. The van der Waals surface area contributed by atoms with Gasteiger partial charge < -0.3 is 4.90 Å². The third kappa shape index (κ3) is 3.22. The van der Waals surface area contributed by atoms with Gasteiger partial charge in [0.15, 0.2) is 17.5 Å². The maximum Gasteiger partial charge on any atom is 0.254 e. The summed E-state index contributed by atoms with van der Waals surface area (Å²) < 4.78 is 42.8. The first kappa shape index (κ1) is 20.8.